The molecule has 2 fully saturated rings. The smallest absolute Gasteiger partial charge is 0.270 e. The summed E-state index contributed by atoms with van der Waals surface area (Å²) in [6.45, 7) is 8.06. The van der Waals surface area contributed by atoms with Crippen molar-refractivity contribution in [2.75, 3.05) is 27.2 Å². The van der Waals surface area contributed by atoms with Crippen molar-refractivity contribution < 1.29 is 19.1 Å². The summed E-state index contributed by atoms with van der Waals surface area (Å²) in [7, 11) is 3.64. The van der Waals surface area contributed by atoms with Crippen molar-refractivity contribution in [2.24, 2.45) is 11.8 Å². The minimum atomic E-state index is 0.0170. The lowest BCUT2D eigenvalue weighted by Crippen LogP contribution is -2.38. The number of likely N-dealkylation sites (tertiary alicyclic amines) is 1. The lowest BCUT2D eigenvalue weighted by molar-refractivity contribution is -0.128. The first kappa shape index (κ1) is 26.0. The van der Waals surface area contributed by atoms with Crippen molar-refractivity contribution >= 4 is 23.2 Å². The van der Waals surface area contributed by atoms with Crippen molar-refractivity contribution in [2.45, 2.75) is 58.7 Å². The monoisotopic (exact) mass is 547 g/mol. The number of thiophene rings is 1. The van der Waals surface area contributed by atoms with Gasteiger partial charge in [-0.25, -0.2) is 0 Å². The zero-order chi connectivity index (χ0) is 27.4. The summed E-state index contributed by atoms with van der Waals surface area (Å²) in [6, 6.07) is 10.7. The highest BCUT2D eigenvalue weighted by atomic mass is 32.1. The fraction of sp³-hybridized carbons (Fsp3) is 0.484. The minimum Gasteiger partial charge on any atom is -0.493 e. The molecule has 8 heteroatoms. The third-order valence-corrected chi connectivity index (χ3v) is 9.66. The molecule has 3 aromatic rings. The number of ether oxygens (including phenoxy) is 2. The van der Waals surface area contributed by atoms with Gasteiger partial charge in [0.25, 0.3) is 5.91 Å². The average Bonchev–Trinajstić information content (AvgIpc) is 3.69. The molecule has 0 spiro atoms. The number of methoxy groups -OCH3 is 1. The number of rotatable bonds is 6. The molecule has 2 atom stereocenters. The third-order valence-electron chi connectivity index (χ3n) is 8.75. The molecule has 6 rings (SSSR count). The molecule has 2 unspecified atom stereocenters. The van der Waals surface area contributed by atoms with Crippen LogP contribution in [0.15, 0.2) is 35.7 Å². The quantitative estimate of drug-likeness (QED) is 0.405. The van der Waals surface area contributed by atoms with Crippen LogP contribution in [0.1, 0.15) is 49.7 Å². The fourth-order valence-corrected chi connectivity index (χ4v) is 7.57. The third kappa shape index (κ3) is 4.52. The number of amides is 2. The Morgan fingerprint density at radius 3 is 2.44 bits per heavy atom. The van der Waals surface area contributed by atoms with E-state index in [1.807, 2.05) is 30.7 Å². The predicted octanol–water partition coefficient (Wildman–Crippen LogP) is 5.56. The first-order chi connectivity index (χ1) is 18.7. The maximum atomic E-state index is 14.1. The molecule has 2 aromatic heterocycles. The van der Waals surface area contributed by atoms with Crippen LogP contribution < -0.4 is 9.47 Å². The van der Waals surface area contributed by atoms with Gasteiger partial charge in [-0.05, 0) is 80.2 Å². The van der Waals surface area contributed by atoms with E-state index in [0.29, 0.717) is 11.8 Å². The first-order valence-electron chi connectivity index (χ1n) is 13.9. The van der Waals surface area contributed by atoms with Gasteiger partial charge in [-0.2, -0.15) is 0 Å². The number of hydrogen-bond donors (Lipinski definition) is 0. The Morgan fingerprint density at radius 2 is 1.82 bits per heavy atom. The predicted molar refractivity (Wildman–Crippen MR) is 154 cm³/mol. The molecule has 1 saturated heterocycles. The molecule has 206 valence electrons. The van der Waals surface area contributed by atoms with E-state index in [4.69, 9.17) is 9.47 Å². The average molecular weight is 548 g/mol. The second kappa shape index (κ2) is 10.0. The molecule has 0 radical (unpaired) electrons. The van der Waals surface area contributed by atoms with Crippen LogP contribution in [0.5, 0.6) is 11.5 Å². The van der Waals surface area contributed by atoms with Crippen molar-refractivity contribution in [1.29, 1.82) is 0 Å². The standard InChI is InChI=1S/C31H37N3O4S/c1-18(2)38-28-15-24-20(13-27(28)37-5)8-9-34-26(14-25(30(24)34)29-7-6-10-39-29)31(36)32(4)23-11-21-16-33(19(3)35)17-22(21)12-23/h6-7,10,13-15,18,21-23H,8-9,11-12,16-17H2,1-5H3. The molecule has 7 nitrogen and oxygen atoms in total. The van der Waals surface area contributed by atoms with Crippen molar-refractivity contribution in [3.63, 3.8) is 0 Å². The zero-order valence-electron chi connectivity index (χ0n) is 23.4. The summed E-state index contributed by atoms with van der Waals surface area (Å²) in [5.41, 5.74) is 5.21. The highest BCUT2D eigenvalue weighted by Crippen LogP contribution is 2.46. The molecular weight excluding hydrogens is 510 g/mol. The molecule has 1 saturated carbocycles. The van der Waals surface area contributed by atoms with Gasteiger partial charge in [-0.3, -0.25) is 9.59 Å². The molecule has 4 heterocycles. The lowest BCUT2D eigenvalue weighted by Gasteiger charge is -2.28. The summed E-state index contributed by atoms with van der Waals surface area (Å²) in [4.78, 5) is 31.0. The van der Waals surface area contributed by atoms with Gasteiger partial charge >= 0.3 is 0 Å². The van der Waals surface area contributed by atoms with Gasteiger partial charge in [0, 0.05) is 55.7 Å². The van der Waals surface area contributed by atoms with Crippen LogP contribution in [-0.4, -0.2) is 65.6 Å². The summed E-state index contributed by atoms with van der Waals surface area (Å²) in [5, 5.41) is 2.08. The maximum Gasteiger partial charge on any atom is 0.270 e. The van der Waals surface area contributed by atoms with E-state index in [0.717, 1.165) is 77.8 Å². The van der Waals surface area contributed by atoms with Gasteiger partial charge in [-0.1, -0.05) is 6.07 Å². The van der Waals surface area contributed by atoms with Crippen LogP contribution in [0.3, 0.4) is 0 Å². The number of aryl methyl sites for hydroxylation is 1. The largest absolute Gasteiger partial charge is 0.493 e. The van der Waals surface area contributed by atoms with E-state index < -0.39 is 0 Å². The molecule has 0 N–H and O–H groups in total. The minimum absolute atomic E-state index is 0.0170. The summed E-state index contributed by atoms with van der Waals surface area (Å²) >= 11 is 1.69. The number of carbonyl (C=O) groups excluding carboxylic acids is 2. The first-order valence-corrected chi connectivity index (χ1v) is 14.8. The van der Waals surface area contributed by atoms with Crippen molar-refractivity contribution in [3.8, 4) is 33.2 Å². The van der Waals surface area contributed by atoms with Crippen LogP contribution in [0.25, 0.3) is 21.7 Å². The Kier molecular flexibility index (Phi) is 6.69. The molecule has 1 aliphatic carbocycles. The number of nitrogens with zero attached hydrogens (tertiary/aromatic N) is 3. The molecule has 2 aliphatic heterocycles. The van der Waals surface area contributed by atoms with Crippen LogP contribution in [0.2, 0.25) is 0 Å². The topological polar surface area (TPSA) is 64.0 Å². The number of fused-ring (bicyclic) bond motifs is 4. The molecule has 39 heavy (non-hydrogen) atoms. The van der Waals surface area contributed by atoms with E-state index in [-0.39, 0.29) is 24.0 Å². The highest BCUT2D eigenvalue weighted by molar-refractivity contribution is 7.13. The lowest BCUT2D eigenvalue weighted by atomic mass is 9.95. The van der Waals surface area contributed by atoms with E-state index in [1.54, 1.807) is 25.4 Å². The zero-order valence-corrected chi connectivity index (χ0v) is 24.2. The molecule has 2 amide bonds. The molecular formula is C31H37N3O4S. The van der Waals surface area contributed by atoms with E-state index in [1.165, 1.54) is 5.56 Å². The van der Waals surface area contributed by atoms with Gasteiger partial charge < -0.3 is 23.8 Å². The van der Waals surface area contributed by atoms with Crippen LogP contribution in [0, 0.1) is 11.8 Å². The SMILES string of the molecule is COc1cc2c(cc1OC(C)C)-c1c(-c3cccs3)cc(C(=O)N(C)C3CC4CN(C(C)=O)CC4C3)n1CC2. The van der Waals surface area contributed by atoms with E-state index in [9.17, 15) is 9.59 Å². The molecule has 3 aliphatic rings. The van der Waals surface area contributed by atoms with Crippen molar-refractivity contribution in [1.82, 2.24) is 14.4 Å². The van der Waals surface area contributed by atoms with Crippen LogP contribution in [-0.2, 0) is 17.8 Å². The second-order valence-corrected chi connectivity index (χ2v) is 12.4. The summed E-state index contributed by atoms with van der Waals surface area (Å²) in [6.07, 6.45) is 2.75. The van der Waals surface area contributed by atoms with Gasteiger partial charge in [0.1, 0.15) is 5.69 Å². The molecule has 0 bridgehead atoms. The number of hydrogen-bond acceptors (Lipinski definition) is 5. The van der Waals surface area contributed by atoms with Gasteiger partial charge in [0.15, 0.2) is 11.5 Å². The maximum absolute atomic E-state index is 14.1. The van der Waals surface area contributed by atoms with Crippen LogP contribution >= 0.6 is 11.3 Å². The van der Waals surface area contributed by atoms with Crippen LogP contribution in [0.4, 0.5) is 0 Å². The van der Waals surface area contributed by atoms with Gasteiger partial charge in [-0.15, -0.1) is 11.3 Å². The Labute approximate surface area is 234 Å². The van der Waals surface area contributed by atoms with E-state index >= 15 is 0 Å². The molecule has 1 aromatic carbocycles. The fourth-order valence-electron chi connectivity index (χ4n) is 6.82. The number of aromatic nitrogens is 1. The van der Waals surface area contributed by atoms with Crippen molar-refractivity contribution in [3.05, 3.63) is 47.0 Å². The van der Waals surface area contributed by atoms with Gasteiger partial charge in [0.05, 0.1) is 18.9 Å². The summed E-state index contributed by atoms with van der Waals surface area (Å²) < 4.78 is 14.0. The highest BCUT2D eigenvalue weighted by Gasteiger charge is 2.44. The number of carbonyl (C=O) groups is 2. The van der Waals surface area contributed by atoms with E-state index in [2.05, 4.69) is 40.3 Å². The Hall–Kier alpha value is -3.26. The second-order valence-electron chi connectivity index (χ2n) is 11.5. The Balaban J connectivity index is 1.36. The summed E-state index contributed by atoms with van der Waals surface area (Å²) in [5.74, 6) is 2.66. The Bertz CT molecular complexity index is 1400. The number of benzene rings is 1. The Morgan fingerprint density at radius 1 is 1.08 bits per heavy atom. The normalized spacial score (nSPS) is 21.5. The van der Waals surface area contributed by atoms with Gasteiger partial charge in [0.2, 0.25) is 5.91 Å².